The Balaban J connectivity index is 2.66. The van der Waals surface area contributed by atoms with Gasteiger partial charge in [-0.05, 0) is 30.0 Å². The Kier molecular flexibility index (Phi) is 4.09. The molecule has 1 aromatic rings. The van der Waals surface area contributed by atoms with Gasteiger partial charge in [0.2, 0.25) is 0 Å². The van der Waals surface area contributed by atoms with Crippen LogP contribution in [0.25, 0.3) is 0 Å². The van der Waals surface area contributed by atoms with Crippen LogP contribution in [0.15, 0.2) is 24.3 Å². The molecule has 0 amide bonds. The van der Waals surface area contributed by atoms with E-state index in [1.54, 1.807) is 0 Å². The number of nitrogens with one attached hydrogen (secondary N) is 1. The third kappa shape index (κ3) is 4.04. The van der Waals surface area contributed by atoms with Crippen molar-refractivity contribution in [1.82, 2.24) is 5.32 Å². The molecule has 1 unspecified atom stereocenters. The molecule has 2 heteroatoms. The summed E-state index contributed by atoms with van der Waals surface area (Å²) in [6, 6.07) is 10.2. The van der Waals surface area contributed by atoms with Crippen LogP contribution in [0.3, 0.4) is 0 Å². The van der Waals surface area contributed by atoms with E-state index in [2.05, 4.69) is 45.1 Å². The zero-order valence-electron chi connectivity index (χ0n) is 10.5. The first-order chi connectivity index (χ1) is 7.42. The van der Waals surface area contributed by atoms with Crippen LogP contribution >= 0.6 is 0 Å². The molecule has 2 nitrogen and oxygen atoms in total. The highest BCUT2D eigenvalue weighted by atomic mass is 14.9. The first-order valence-electron chi connectivity index (χ1n) is 5.66. The van der Waals surface area contributed by atoms with Gasteiger partial charge in [-0.1, -0.05) is 32.9 Å². The first-order valence-corrected chi connectivity index (χ1v) is 5.66. The van der Waals surface area contributed by atoms with Crippen molar-refractivity contribution in [2.45, 2.75) is 33.7 Å². The molecule has 0 aromatic heterocycles. The van der Waals surface area contributed by atoms with E-state index in [4.69, 9.17) is 5.26 Å². The van der Waals surface area contributed by atoms with Crippen molar-refractivity contribution >= 4 is 0 Å². The highest BCUT2D eigenvalue weighted by Gasteiger charge is 2.12. The van der Waals surface area contributed by atoms with Gasteiger partial charge in [-0.25, -0.2) is 0 Å². The average Bonchev–Trinajstić information content (AvgIpc) is 2.25. The van der Waals surface area contributed by atoms with Crippen LogP contribution in [-0.4, -0.2) is 6.54 Å². The molecule has 0 bridgehead atoms. The van der Waals surface area contributed by atoms with Crippen molar-refractivity contribution in [2.75, 3.05) is 6.54 Å². The van der Waals surface area contributed by atoms with Crippen LogP contribution in [-0.2, 0) is 0 Å². The Bertz CT molecular complexity index is 382. The number of nitrogens with zero attached hydrogens (tertiary/aromatic N) is 1. The summed E-state index contributed by atoms with van der Waals surface area (Å²) in [5.41, 5.74) is 2.17. The van der Waals surface area contributed by atoms with E-state index < -0.39 is 0 Å². The van der Waals surface area contributed by atoms with Gasteiger partial charge in [-0.3, -0.25) is 0 Å². The monoisotopic (exact) mass is 216 g/mol. The van der Waals surface area contributed by atoms with Gasteiger partial charge >= 0.3 is 0 Å². The fourth-order valence-electron chi connectivity index (χ4n) is 1.45. The smallest absolute Gasteiger partial charge is 0.0991 e. The van der Waals surface area contributed by atoms with Crippen molar-refractivity contribution in [3.63, 3.8) is 0 Å². The zero-order valence-corrected chi connectivity index (χ0v) is 10.5. The summed E-state index contributed by atoms with van der Waals surface area (Å²) >= 11 is 0. The van der Waals surface area contributed by atoms with Crippen LogP contribution in [0.4, 0.5) is 0 Å². The maximum atomic E-state index is 8.83. The topological polar surface area (TPSA) is 35.8 Å². The minimum Gasteiger partial charge on any atom is -0.310 e. The lowest BCUT2D eigenvalue weighted by atomic mass is 9.96. The molecule has 0 heterocycles. The zero-order chi connectivity index (χ0) is 12.2. The maximum Gasteiger partial charge on any atom is 0.0991 e. The summed E-state index contributed by atoms with van der Waals surface area (Å²) in [7, 11) is 0. The lowest BCUT2D eigenvalue weighted by molar-refractivity contribution is 0.359. The maximum absolute atomic E-state index is 8.83. The molecule has 16 heavy (non-hydrogen) atoms. The van der Waals surface area contributed by atoms with Gasteiger partial charge < -0.3 is 5.32 Å². The Labute approximate surface area is 98.3 Å². The minimum absolute atomic E-state index is 0.279. The van der Waals surface area contributed by atoms with Gasteiger partial charge in [0.25, 0.3) is 0 Å². The largest absolute Gasteiger partial charge is 0.310 e. The van der Waals surface area contributed by atoms with E-state index in [9.17, 15) is 0 Å². The van der Waals surface area contributed by atoms with Gasteiger partial charge in [0.1, 0.15) is 0 Å². The predicted molar refractivity (Wildman–Crippen MR) is 67.0 cm³/mol. The van der Waals surface area contributed by atoms with Gasteiger partial charge in [-0.15, -0.1) is 0 Å². The Morgan fingerprint density at radius 3 is 2.62 bits per heavy atom. The molecule has 0 aliphatic carbocycles. The number of hydrogen-bond acceptors (Lipinski definition) is 2. The van der Waals surface area contributed by atoms with Crippen LogP contribution < -0.4 is 5.32 Å². The lowest BCUT2D eigenvalue weighted by Crippen LogP contribution is -2.29. The summed E-state index contributed by atoms with van der Waals surface area (Å²) < 4.78 is 0. The van der Waals surface area contributed by atoms with E-state index in [1.807, 2.05) is 18.2 Å². The van der Waals surface area contributed by atoms with Crippen molar-refractivity contribution in [3.8, 4) is 6.07 Å². The molecule has 0 fully saturated rings. The first kappa shape index (κ1) is 12.7. The SMILES string of the molecule is CC(NCC(C)(C)C)c1cccc(C#N)c1. The van der Waals surface area contributed by atoms with Crippen molar-refractivity contribution in [3.05, 3.63) is 35.4 Å². The minimum atomic E-state index is 0.279. The summed E-state index contributed by atoms with van der Waals surface area (Å²) in [5.74, 6) is 0. The molecule has 0 aliphatic rings. The lowest BCUT2D eigenvalue weighted by Gasteiger charge is -2.23. The van der Waals surface area contributed by atoms with Gasteiger partial charge in [0.05, 0.1) is 11.6 Å². The molecule has 0 radical (unpaired) electrons. The van der Waals surface area contributed by atoms with E-state index in [-0.39, 0.29) is 11.5 Å². The second-order valence-corrected chi connectivity index (χ2v) is 5.40. The van der Waals surface area contributed by atoms with Crippen LogP contribution in [0, 0.1) is 16.7 Å². The van der Waals surface area contributed by atoms with E-state index in [1.165, 1.54) is 5.56 Å². The molecular formula is C14H20N2. The van der Waals surface area contributed by atoms with Gasteiger partial charge in [-0.2, -0.15) is 5.26 Å². The fraction of sp³-hybridized carbons (Fsp3) is 0.500. The van der Waals surface area contributed by atoms with E-state index in [0.717, 1.165) is 12.1 Å². The molecule has 0 saturated heterocycles. The molecule has 1 N–H and O–H groups in total. The standard InChI is InChI=1S/C14H20N2/c1-11(16-10-14(2,3)4)13-7-5-6-12(8-13)9-15/h5-8,11,16H,10H2,1-4H3. The molecule has 1 aromatic carbocycles. The van der Waals surface area contributed by atoms with Crippen LogP contribution in [0.5, 0.6) is 0 Å². The number of hydrogen-bond donors (Lipinski definition) is 1. The third-order valence-electron chi connectivity index (χ3n) is 2.45. The number of benzene rings is 1. The highest BCUT2D eigenvalue weighted by molar-refractivity contribution is 5.33. The Hall–Kier alpha value is -1.33. The number of rotatable bonds is 3. The van der Waals surface area contributed by atoms with Crippen molar-refractivity contribution < 1.29 is 0 Å². The quantitative estimate of drug-likeness (QED) is 0.841. The third-order valence-corrected chi connectivity index (χ3v) is 2.45. The average molecular weight is 216 g/mol. The fourth-order valence-corrected chi connectivity index (χ4v) is 1.45. The summed E-state index contributed by atoms with van der Waals surface area (Å²) in [6.07, 6.45) is 0. The van der Waals surface area contributed by atoms with Crippen LogP contribution in [0.2, 0.25) is 0 Å². The van der Waals surface area contributed by atoms with Gasteiger partial charge in [0, 0.05) is 12.6 Å². The highest BCUT2D eigenvalue weighted by Crippen LogP contribution is 2.17. The summed E-state index contributed by atoms with van der Waals surface area (Å²) in [5, 5.41) is 12.3. The molecular weight excluding hydrogens is 196 g/mol. The van der Waals surface area contributed by atoms with E-state index >= 15 is 0 Å². The molecule has 0 saturated carbocycles. The number of nitriles is 1. The molecule has 86 valence electrons. The summed E-state index contributed by atoms with van der Waals surface area (Å²) in [4.78, 5) is 0. The van der Waals surface area contributed by atoms with Crippen molar-refractivity contribution in [2.24, 2.45) is 5.41 Å². The second-order valence-electron chi connectivity index (χ2n) is 5.40. The van der Waals surface area contributed by atoms with E-state index in [0.29, 0.717) is 0 Å². The molecule has 1 rings (SSSR count). The molecule has 1 atom stereocenters. The normalized spacial score (nSPS) is 13.2. The predicted octanol–water partition coefficient (Wildman–Crippen LogP) is 3.25. The van der Waals surface area contributed by atoms with Crippen molar-refractivity contribution in [1.29, 1.82) is 5.26 Å². The summed E-state index contributed by atoms with van der Waals surface area (Å²) in [6.45, 7) is 9.71. The molecule has 0 aliphatic heterocycles. The Morgan fingerprint density at radius 2 is 2.06 bits per heavy atom. The Morgan fingerprint density at radius 1 is 1.38 bits per heavy atom. The molecule has 0 spiro atoms. The van der Waals surface area contributed by atoms with Gasteiger partial charge in [0.15, 0.2) is 0 Å². The van der Waals surface area contributed by atoms with Crippen LogP contribution in [0.1, 0.15) is 44.9 Å². The second kappa shape index (κ2) is 5.14.